The highest BCUT2D eigenvalue weighted by Gasteiger charge is 2.49. The highest BCUT2D eigenvalue weighted by molar-refractivity contribution is 5.97. The van der Waals surface area contributed by atoms with Gasteiger partial charge in [0.2, 0.25) is 17.7 Å². The van der Waals surface area contributed by atoms with Gasteiger partial charge in [-0.2, -0.15) is 0 Å². The lowest BCUT2D eigenvalue weighted by Gasteiger charge is -2.42. The lowest BCUT2D eigenvalue weighted by atomic mass is 9.63. The molecular formula is C31H34N4O6. The van der Waals surface area contributed by atoms with Crippen molar-refractivity contribution in [3.63, 3.8) is 0 Å². The molecule has 2 heterocycles. The summed E-state index contributed by atoms with van der Waals surface area (Å²) < 4.78 is 15.6. The van der Waals surface area contributed by atoms with Gasteiger partial charge in [-0.05, 0) is 42.4 Å². The van der Waals surface area contributed by atoms with Gasteiger partial charge in [-0.15, -0.1) is 10.2 Å². The number of ether oxygens (including phenoxy) is 3. The van der Waals surface area contributed by atoms with Gasteiger partial charge in [0.25, 0.3) is 5.91 Å². The van der Waals surface area contributed by atoms with Crippen molar-refractivity contribution in [2.75, 3.05) is 34.4 Å². The average Bonchev–Trinajstić information content (AvgIpc) is 3.03. The smallest absolute Gasteiger partial charge is 0.320 e. The standard InChI is InChI=1S/C31H34N4O6/c1-39-26-19-24(28(40-2)34-33-26)27(36)32-21-14-17-35(18-15-21)29(37)23-13-16-31(30(38)41-3,20-9-5-4-6-10-20)25-12-8-7-11-22(23)25/h4-12,19,21,23H,13-18H2,1-3H3,(H,32,36)/t23-,31+/m1/s1. The Balaban J connectivity index is 1.31. The number of esters is 1. The number of aromatic nitrogens is 2. The van der Waals surface area contributed by atoms with Gasteiger partial charge in [0.05, 0.1) is 27.2 Å². The van der Waals surface area contributed by atoms with E-state index in [0.717, 1.165) is 16.7 Å². The molecule has 1 fully saturated rings. The van der Waals surface area contributed by atoms with Crippen molar-refractivity contribution in [2.45, 2.75) is 43.1 Å². The van der Waals surface area contributed by atoms with Crippen molar-refractivity contribution in [3.8, 4) is 11.8 Å². The zero-order chi connectivity index (χ0) is 29.0. The maximum atomic E-state index is 13.9. The van der Waals surface area contributed by atoms with Crippen LogP contribution in [0.5, 0.6) is 11.8 Å². The summed E-state index contributed by atoms with van der Waals surface area (Å²) >= 11 is 0. The highest BCUT2D eigenvalue weighted by Crippen LogP contribution is 2.48. The molecule has 5 rings (SSSR count). The molecule has 2 atom stereocenters. The van der Waals surface area contributed by atoms with Gasteiger partial charge in [0.15, 0.2) is 0 Å². The van der Waals surface area contributed by atoms with E-state index in [-0.39, 0.29) is 47.1 Å². The first-order valence-electron chi connectivity index (χ1n) is 13.7. The number of hydrogen-bond donors (Lipinski definition) is 1. The third-order valence-electron chi connectivity index (χ3n) is 8.23. The highest BCUT2D eigenvalue weighted by atomic mass is 16.5. The predicted octanol–water partition coefficient (Wildman–Crippen LogP) is 3.25. The van der Waals surface area contributed by atoms with Gasteiger partial charge in [0, 0.05) is 25.2 Å². The minimum Gasteiger partial charge on any atom is -0.480 e. The minimum atomic E-state index is -0.966. The average molecular weight is 559 g/mol. The number of piperidine rings is 1. The summed E-state index contributed by atoms with van der Waals surface area (Å²) in [5.74, 6) is -0.645. The quantitative estimate of drug-likeness (QED) is 0.439. The van der Waals surface area contributed by atoms with Crippen molar-refractivity contribution < 1.29 is 28.6 Å². The maximum Gasteiger partial charge on any atom is 0.320 e. The molecule has 10 nitrogen and oxygen atoms in total. The van der Waals surface area contributed by atoms with E-state index in [1.165, 1.54) is 27.4 Å². The SMILES string of the molecule is COC(=O)[C@]1(c2ccccc2)CC[C@@H](C(=O)N2CCC(NC(=O)c3cc(OC)nnc3OC)CC2)c2ccccc21. The van der Waals surface area contributed by atoms with E-state index in [1.54, 1.807) is 0 Å². The van der Waals surface area contributed by atoms with Crippen LogP contribution in [0, 0.1) is 0 Å². The van der Waals surface area contributed by atoms with Crippen LogP contribution < -0.4 is 14.8 Å². The van der Waals surface area contributed by atoms with Crippen molar-refractivity contribution >= 4 is 17.8 Å². The number of fused-ring (bicyclic) bond motifs is 1. The van der Waals surface area contributed by atoms with Gasteiger partial charge in [-0.3, -0.25) is 14.4 Å². The van der Waals surface area contributed by atoms with Crippen LogP contribution in [0.4, 0.5) is 0 Å². The van der Waals surface area contributed by atoms with Gasteiger partial charge in [-0.1, -0.05) is 54.6 Å². The maximum absolute atomic E-state index is 13.9. The minimum absolute atomic E-state index is 0.0403. The van der Waals surface area contributed by atoms with Crippen LogP contribution in [0.1, 0.15) is 58.6 Å². The molecule has 2 aliphatic rings. The van der Waals surface area contributed by atoms with Gasteiger partial charge in [0.1, 0.15) is 11.0 Å². The molecule has 2 aromatic carbocycles. The fourth-order valence-corrected chi connectivity index (χ4v) is 6.13. The Morgan fingerprint density at radius 3 is 2.29 bits per heavy atom. The number of methoxy groups -OCH3 is 3. The lowest BCUT2D eigenvalue weighted by Crippen LogP contribution is -2.49. The molecule has 41 heavy (non-hydrogen) atoms. The normalized spacial score (nSPS) is 20.5. The van der Waals surface area contributed by atoms with Crippen LogP contribution in [0.3, 0.4) is 0 Å². The summed E-state index contributed by atoms with van der Waals surface area (Å²) in [5, 5.41) is 10.8. The van der Waals surface area contributed by atoms with Crippen LogP contribution in [-0.2, 0) is 19.7 Å². The fraction of sp³-hybridized carbons (Fsp3) is 0.387. The number of amides is 2. The van der Waals surface area contributed by atoms with Gasteiger partial charge < -0.3 is 24.4 Å². The third-order valence-corrected chi connectivity index (χ3v) is 8.23. The molecule has 1 saturated heterocycles. The molecular weight excluding hydrogens is 524 g/mol. The molecule has 1 aromatic heterocycles. The zero-order valence-corrected chi connectivity index (χ0v) is 23.5. The Morgan fingerprint density at radius 2 is 1.61 bits per heavy atom. The van der Waals surface area contributed by atoms with Crippen LogP contribution in [0.15, 0.2) is 60.7 Å². The Bertz CT molecular complexity index is 1420. The topological polar surface area (TPSA) is 120 Å². The fourth-order valence-electron chi connectivity index (χ4n) is 6.13. The number of nitrogens with zero attached hydrogens (tertiary/aromatic N) is 3. The van der Waals surface area contributed by atoms with E-state index in [1.807, 2.05) is 59.5 Å². The molecule has 0 radical (unpaired) electrons. The summed E-state index contributed by atoms with van der Waals surface area (Å²) in [7, 11) is 4.29. The second kappa shape index (κ2) is 12.0. The van der Waals surface area contributed by atoms with Crippen LogP contribution in [-0.4, -0.2) is 73.3 Å². The number of nitrogens with one attached hydrogen (secondary N) is 1. The number of hydrogen-bond acceptors (Lipinski definition) is 8. The molecule has 2 amide bonds. The van der Waals surface area contributed by atoms with E-state index < -0.39 is 5.41 Å². The first kappa shape index (κ1) is 28.1. The molecule has 1 N–H and O–H groups in total. The Labute approximate surface area is 239 Å². The number of carbonyl (C=O) groups is 3. The van der Waals surface area contributed by atoms with E-state index in [0.29, 0.717) is 38.8 Å². The summed E-state index contributed by atoms with van der Waals surface area (Å²) in [5.41, 5.74) is 1.82. The zero-order valence-electron chi connectivity index (χ0n) is 23.5. The van der Waals surface area contributed by atoms with Crippen LogP contribution in [0.2, 0.25) is 0 Å². The summed E-state index contributed by atoms with van der Waals surface area (Å²) in [6.45, 7) is 1.02. The van der Waals surface area contributed by atoms with E-state index >= 15 is 0 Å². The Hall–Kier alpha value is -4.47. The molecule has 3 aromatic rings. The van der Waals surface area contributed by atoms with Crippen molar-refractivity contribution in [1.82, 2.24) is 20.4 Å². The van der Waals surface area contributed by atoms with Gasteiger partial charge >= 0.3 is 5.97 Å². The van der Waals surface area contributed by atoms with E-state index in [2.05, 4.69) is 15.5 Å². The van der Waals surface area contributed by atoms with Crippen LogP contribution >= 0.6 is 0 Å². The summed E-state index contributed by atoms with van der Waals surface area (Å²) in [4.78, 5) is 42.1. The molecule has 1 aliphatic heterocycles. The summed E-state index contributed by atoms with van der Waals surface area (Å²) in [6.07, 6.45) is 2.21. The van der Waals surface area contributed by atoms with Crippen LogP contribution in [0.25, 0.3) is 0 Å². The lowest BCUT2D eigenvalue weighted by molar-refractivity contribution is -0.147. The number of likely N-dealkylation sites (tertiary alicyclic amines) is 1. The van der Waals surface area contributed by atoms with Crippen molar-refractivity contribution in [3.05, 3.63) is 82.9 Å². The van der Waals surface area contributed by atoms with Crippen molar-refractivity contribution in [1.29, 1.82) is 0 Å². The Morgan fingerprint density at radius 1 is 0.902 bits per heavy atom. The molecule has 10 heteroatoms. The molecule has 0 unspecified atom stereocenters. The largest absolute Gasteiger partial charge is 0.480 e. The molecule has 0 bridgehead atoms. The first-order chi connectivity index (χ1) is 19.9. The number of carbonyl (C=O) groups excluding carboxylic acids is 3. The van der Waals surface area contributed by atoms with E-state index in [4.69, 9.17) is 14.2 Å². The first-order valence-corrected chi connectivity index (χ1v) is 13.7. The van der Waals surface area contributed by atoms with Crippen molar-refractivity contribution in [2.24, 2.45) is 0 Å². The van der Waals surface area contributed by atoms with Gasteiger partial charge in [-0.25, -0.2) is 0 Å². The Kier molecular flexibility index (Phi) is 8.19. The monoisotopic (exact) mass is 558 g/mol. The molecule has 0 saturated carbocycles. The third kappa shape index (κ3) is 5.21. The number of rotatable bonds is 7. The second-order valence-electron chi connectivity index (χ2n) is 10.3. The second-order valence-corrected chi connectivity index (χ2v) is 10.3. The number of benzene rings is 2. The van der Waals surface area contributed by atoms with E-state index in [9.17, 15) is 14.4 Å². The predicted molar refractivity (Wildman–Crippen MR) is 150 cm³/mol. The molecule has 0 spiro atoms. The molecule has 1 aliphatic carbocycles. The summed E-state index contributed by atoms with van der Waals surface area (Å²) in [6, 6.07) is 18.7. The molecule has 214 valence electrons.